The SMILES string of the molecule is COC(=O)c1sc(C#CC(C)(C)C)cc1N(C(=O)[C@H]1CC[C@H](C)CC1)C1CCP(=O)(OC)CC1. The third-order valence-corrected chi connectivity index (χ3v) is 10.4. The normalized spacial score (nSPS) is 27.4. The number of carbonyl (C=O) groups excluding carboxylic acids is 2. The maximum Gasteiger partial charge on any atom is 0.350 e. The molecule has 1 aromatic rings. The van der Waals surface area contributed by atoms with Crippen molar-refractivity contribution in [3.63, 3.8) is 0 Å². The Labute approximate surface area is 208 Å². The van der Waals surface area contributed by atoms with E-state index in [0.29, 0.717) is 41.6 Å². The minimum Gasteiger partial charge on any atom is -0.465 e. The van der Waals surface area contributed by atoms with Crippen LogP contribution in [-0.2, 0) is 18.6 Å². The summed E-state index contributed by atoms with van der Waals surface area (Å²) in [4.78, 5) is 29.7. The summed E-state index contributed by atoms with van der Waals surface area (Å²) in [6, 6.07) is 1.73. The lowest BCUT2D eigenvalue weighted by Gasteiger charge is -2.39. The summed E-state index contributed by atoms with van der Waals surface area (Å²) in [5.74, 6) is 6.57. The summed E-state index contributed by atoms with van der Waals surface area (Å²) in [6.45, 7) is 8.33. The Balaban J connectivity index is 2.03. The van der Waals surface area contributed by atoms with Crippen LogP contribution in [0.15, 0.2) is 6.07 Å². The van der Waals surface area contributed by atoms with Crippen LogP contribution in [0.5, 0.6) is 0 Å². The van der Waals surface area contributed by atoms with E-state index in [9.17, 15) is 14.2 Å². The third kappa shape index (κ3) is 6.53. The number of hydrogen-bond donors (Lipinski definition) is 0. The van der Waals surface area contributed by atoms with Crippen LogP contribution in [-0.4, -0.2) is 44.5 Å². The summed E-state index contributed by atoms with van der Waals surface area (Å²) in [5, 5.41) is 0. The molecule has 2 fully saturated rings. The molecule has 188 valence electrons. The van der Waals surface area contributed by atoms with Gasteiger partial charge in [0.25, 0.3) is 0 Å². The van der Waals surface area contributed by atoms with Gasteiger partial charge in [0.1, 0.15) is 4.88 Å². The van der Waals surface area contributed by atoms with Crippen molar-refractivity contribution in [2.75, 3.05) is 31.4 Å². The Morgan fingerprint density at radius 2 is 1.71 bits per heavy atom. The van der Waals surface area contributed by atoms with Gasteiger partial charge >= 0.3 is 5.97 Å². The highest BCUT2D eigenvalue weighted by Gasteiger charge is 2.40. The molecule has 1 amide bonds. The molecule has 0 unspecified atom stereocenters. The quantitative estimate of drug-likeness (QED) is 0.270. The fraction of sp³-hybridized carbons (Fsp3) is 0.692. The van der Waals surface area contributed by atoms with Crippen molar-refractivity contribution >= 4 is 36.3 Å². The van der Waals surface area contributed by atoms with Gasteiger partial charge in [-0.3, -0.25) is 9.36 Å². The summed E-state index contributed by atoms with van der Waals surface area (Å²) in [6.07, 6.45) is 5.82. The van der Waals surface area contributed by atoms with Crippen molar-refractivity contribution < 1.29 is 23.4 Å². The molecule has 1 aliphatic heterocycles. The lowest BCUT2D eigenvalue weighted by molar-refractivity contribution is -0.124. The Kier molecular flexibility index (Phi) is 8.71. The molecule has 0 atom stereocenters. The maximum absolute atomic E-state index is 14.0. The van der Waals surface area contributed by atoms with Gasteiger partial charge in [0.05, 0.1) is 17.7 Å². The summed E-state index contributed by atoms with van der Waals surface area (Å²) in [5.41, 5.74) is 0.395. The molecule has 0 bridgehead atoms. The number of carbonyl (C=O) groups is 2. The molecule has 2 heterocycles. The van der Waals surface area contributed by atoms with E-state index in [2.05, 4.69) is 18.8 Å². The Bertz CT molecular complexity index is 995. The molecule has 0 spiro atoms. The molecule has 1 saturated heterocycles. The number of methoxy groups -OCH3 is 1. The summed E-state index contributed by atoms with van der Waals surface area (Å²) in [7, 11) is 0.215. The van der Waals surface area contributed by atoms with E-state index >= 15 is 0 Å². The molecule has 3 rings (SSSR count). The largest absolute Gasteiger partial charge is 0.465 e. The van der Waals surface area contributed by atoms with Gasteiger partial charge in [-0.1, -0.05) is 18.8 Å². The highest BCUT2D eigenvalue weighted by molar-refractivity contribution is 7.59. The first-order valence-corrected chi connectivity index (χ1v) is 15.0. The predicted octanol–water partition coefficient (Wildman–Crippen LogP) is 6.18. The first kappa shape index (κ1) is 27.0. The van der Waals surface area contributed by atoms with Crippen LogP contribution >= 0.6 is 18.7 Å². The average molecular weight is 508 g/mol. The van der Waals surface area contributed by atoms with Gasteiger partial charge in [0.2, 0.25) is 13.3 Å². The number of thiophene rings is 1. The second-order valence-corrected chi connectivity index (χ2v) is 14.6. The number of amides is 1. The molecule has 2 aliphatic rings. The van der Waals surface area contributed by atoms with Gasteiger partial charge in [-0.2, -0.15) is 0 Å². The zero-order valence-corrected chi connectivity index (χ0v) is 23.0. The number of nitrogens with zero attached hydrogens (tertiary/aromatic N) is 1. The van der Waals surface area contributed by atoms with E-state index in [-0.39, 0.29) is 23.3 Å². The minimum absolute atomic E-state index is 0.0596. The molecule has 8 heteroatoms. The van der Waals surface area contributed by atoms with E-state index in [1.807, 2.05) is 31.7 Å². The van der Waals surface area contributed by atoms with Crippen LogP contribution in [0.25, 0.3) is 0 Å². The van der Waals surface area contributed by atoms with Gasteiger partial charge < -0.3 is 14.2 Å². The molecule has 0 radical (unpaired) electrons. The second kappa shape index (κ2) is 11.0. The van der Waals surface area contributed by atoms with Crippen LogP contribution in [0.4, 0.5) is 5.69 Å². The Morgan fingerprint density at radius 3 is 2.24 bits per heavy atom. The summed E-state index contributed by atoms with van der Waals surface area (Å²) >= 11 is 1.27. The van der Waals surface area contributed by atoms with Crippen molar-refractivity contribution in [2.24, 2.45) is 17.3 Å². The van der Waals surface area contributed by atoms with Gasteiger partial charge in [0.15, 0.2) is 0 Å². The molecule has 34 heavy (non-hydrogen) atoms. The molecule has 0 aromatic carbocycles. The van der Waals surface area contributed by atoms with E-state index in [4.69, 9.17) is 9.26 Å². The summed E-state index contributed by atoms with van der Waals surface area (Å²) < 4.78 is 23.2. The zero-order chi connectivity index (χ0) is 25.1. The zero-order valence-electron chi connectivity index (χ0n) is 21.3. The fourth-order valence-electron chi connectivity index (χ4n) is 4.70. The highest BCUT2D eigenvalue weighted by atomic mass is 32.1. The van der Waals surface area contributed by atoms with E-state index in [1.54, 1.807) is 0 Å². The third-order valence-electron chi connectivity index (χ3n) is 6.81. The van der Waals surface area contributed by atoms with Crippen LogP contribution in [0, 0.1) is 29.1 Å². The van der Waals surface area contributed by atoms with Gasteiger partial charge in [-0.15, -0.1) is 11.3 Å². The predicted molar refractivity (Wildman–Crippen MR) is 138 cm³/mol. The first-order chi connectivity index (χ1) is 16.0. The van der Waals surface area contributed by atoms with Gasteiger partial charge in [-0.05, 0) is 71.3 Å². The molecule has 1 aliphatic carbocycles. The topological polar surface area (TPSA) is 72.9 Å². The number of anilines is 1. The Morgan fingerprint density at radius 1 is 1.09 bits per heavy atom. The average Bonchev–Trinajstić information content (AvgIpc) is 3.22. The smallest absolute Gasteiger partial charge is 0.350 e. The fourth-order valence-corrected chi connectivity index (χ4v) is 7.59. The molecular formula is C26H38NO5PS. The van der Waals surface area contributed by atoms with Gasteiger partial charge in [-0.25, -0.2) is 4.79 Å². The molecular weight excluding hydrogens is 469 g/mol. The van der Waals surface area contributed by atoms with Crippen molar-refractivity contribution in [2.45, 2.75) is 72.3 Å². The molecule has 6 nitrogen and oxygen atoms in total. The molecule has 1 saturated carbocycles. The monoisotopic (exact) mass is 507 g/mol. The van der Waals surface area contributed by atoms with Crippen molar-refractivity contribution in [1.29, 1.82) is 0 Å². The van der Waals surface area contributed by atoms with Crippen molar-refractivity contribution in [3.05, 3.63) is 15.8 Å². The lowest BCUT2D eigenvalue weighted by Crippen LogP contribution is -2.47. The van der Waals surface area contributed by atoms with Crippen LogP contribution in [0.3, 0.4) is 0 Å². The highest BCUT2D eigenvalue weighted by Crippen LogP contribution is 2.52. The standard InChI is InChI=1S/C26H38NO5PS/c1-18-7-9-19(10-8-18)24(28)27(20-12-15-33(30,32-6)16-13-20)22-17-21(11-14-26(2,3)4)34-23(22)25(29)31-5/h17-20H,7-10,12-13,15-16H2,1-6H3/t18-,19-,20?,33?. The maximum atomic E-state index is 14.0. The van der Waals surface area contributed by atoms with Crippen molar-refractivity contribution in [3.8, 4) is 11.8 Å². The first-order valence-electron chi connectivity index (χ1n) is 12.2. The van der Waals surface area contributed by atoms with Crippen molar-refractivity contribution in [1.82, 2.24) is 0 Å². The number of esters is 1. The number of ether oxygens (including phenoxy) is 1. The van der Waals surface area contributed by atoms with Crippen LogP contribution < -0.4 is 4.90 Å². The number of rotatable bonds is 5. The van der Waals surface area contributed by atoms with E-state index in [1.165, 1.54) is 25.6 Å². The Hall–Kier alpha value is -1.61. The minimum atomic E-state index is -2.64. The van der Waals surface area contributed by atoms with Crippen LogP contribution in [0.2, 0.25) is 0 Å². The lowest BCUT2D eigenvalue weighted by atomic mass is 9.82. The molecule has 0 N–H and O–H groups in total. The van der Waals surface area contributed by atoms with Gasteiger partial charge in [0, 0.05) is 36.8 Å². The number of hydrogen-bond acceptors (Lipinski definition) is 6. The van der Waals surface area contributed by atoms with E-state index in [0.717, 1.165) is 30.6 Å². The molecule has 1 aromatic heterocycles. The second-order valence-electron chi connectivity index (χ2n) is 10.7. The van der Waals surface area contributed by atoms with Crippen LogP contribution in [0.1, 0.15) is 80.8 Å². The van der Waals surface area contributed by atoms with E-state index < -0.39 is 13.3 Å².